The molecule has 3 aliphatic rings. The lowest BCUT2D eigenvalue weighted by molar-refractivity contribution is -0.130. The summed E-state index contributed by atoms with van der Waals surface area (Å²) in [5.41, 5.74) is 0.414. The van der Waals surface area contributed by atoms with E-state index in [4.69, 9.17) is 0 Å². The monoisotopic (exact) mass is 193 g/mol. The van der Waals surface area contributed by atoms with E-state index in [0.29, 0.717) is 17.2 Å². The van der Waals surface area contributed by atoms with Crippen LogP contribution in [0.4, 0.5) is 0 Å². The number of carbonyl (C=O) groups excluding carboxylic acids is 1. The molecule has 2 unspecified atom stereocenters. The zero-order valence-electron chi connectivity index (χ0n) is 8.72. The summed E-state index contributed by atoms with van der Waals surface area (Å²) < 4.78 is 0. The highest BCUT2D eigenvalue weighted by molar-refractivity contribution is 5.83. The van der Waals surface area contributed by atoms with Crippen molar-refractivity contribution in [2.24, 2.45) is 17.3 Å². The summed E-state index contributed by atoms with van der Waals surface area (Å²) in [5, 5.41) is 3.08. The van der Waals surface area contributed by atoms with Crippen LogP contribution in [-0.2, 0) is 4.79 Å². The zero-order valence-corrected chi connectivity index (χ0v) is 8.72. The Bertz CT molecular complexity index is 257. The topological polar surface area (TPSA) is 29.1 Å². The minimum absolute atomic E-state index is 0.349. The molecule has 1 amide bonds. The molecule has 1 heterocycles. The third-order valence-electron chi connectivity index (χ3n) is 4.92. The number of hydrogen-bond acceptors (Lipinski definition) is 1. The quantitative estimate of drug-likeness (QED) is 0.679. The molecule has 0 radical (unpaired) electrons. The molecule has 2 aliphatic carbocycles. The maximum absolute atomic E-state index is 11.6. The number of hydrogen-bond donors (Lipinski definition) is 1. The molecule has 78 valence electrons. The molecular weight excluding hydrogens is 174 g/mol. The fourth-order valence-electron chi connectivity index (χ4n) is 3.95. The zero-order chi connectivity index (χ0) is 9.60. The second-order valence-electron chi connectivity index (χ2n) is 5.38. The molecule has 1 N–H and O–H groups in total. The molecule has 14 heavy (non-hydrogen) atoms. The summed E-state index contributed by atoms with van der Waals surface area (Å²) in [6.07, 6.45) is 9.43. The lowest BCUT2D eigenvalue weighted by Crippen LogP contribution is -2.47. The third-order valence-corrected chi connectivity index (χ3v) is 4.92. The predicted octanol–water partition coefficient (Wildman–Crippen LogP) is 2.09. The Balaban J connectivity index is 1.79. The van der Waals surface area contributed by atoms with E-state index in [1.54, 1.807) is 0 Å². The summed E-state index contributed by atoms with van der Waals surface area (Å²) in [5.74, 6) is 1.60. The Morgan fingerprint density at radius 3 is 2.50 bits per heavy atom. The molecule has 0 spiro atoms. The van der Waals surface area contributed by atoms with Crippen LogP contribution in [0.15, 0.2) is 0 Å². The minimum Gasteiger partial charge on any atom is -0.355 e. The van der Waals surface area contributed by atoms with Gasteiger partial charge in [-0.15, -0.1) is 0 Å². The summed E-state index contributed by atoms with van der Waals surface area (Å²) in [4.78, 5) is 11.6. The van der Waals surface area contributed by atoms with E-state index < -0.39 is 0 Å². The van der Waals surface area contributed by atoms with Crippen molar-refractivity contribution < 1.29 is 4.79 Å². The van der Waals surface area contributed by atoms with Crippen LogP contribution in [0, 0.1) is 17.3 Å². The maximum atomic E-state index is 11.6. The van der Waals surface area contributed by atoms with E-state index in [-0.39, 0.29) is 0 Å². The van der Waals surface area contributed by atoms with Gasteiger partial charge in [-0.3, -0.25) is 4.79 Å². The van der Waals surface area contributed by atoms with E-state index in [1.807, 2.05) is 0 Å². The molecule has 0 aromatic carbocycles. The fourth-order valence-corrected chi connectivity index (χ4v) is 3.95. The average molecular weight is 193 g/mol. The van der Waals surface area contributed by atoms with Gasteiger partial charge in [-0.1, -0.05) is 19.3 Å². The van der Waals surface area contributed by atoms with Crippen LogP contribution < -0.4 is 5.32 Å². The van der Waals surface area contributed by atoms with Crippen LogP contribution in [0.1, 0.15) is 44.9 Å². The van der Waals surface area contributed by atoms with Crippen LogP contribution >= 0.6 is 0 Å². The Morgan fingerprint density at radius 2 is 1.93 bits per heavy atom. The van der Waals surface area contributed by atoms with E-state index >= 15 is 0 Å². The van der Waals surface area contributed by atoms with Gasteiger partial charge in [-0.05, 0) is 31.6 Å². The van der Waals surface area contributed by atoms with Gasteiger partial charge in [0.15, 0.2) is 0 Å². The first-order valence-electron chi connectivity index (χ1n) is 6.11. The van der Waals surface area contributed by atoms with Crippen molar-refractivity contribution in [3.05, 3.63) is 0 Å². The molecule has 2 heteroatoms. The van der Waals surface area contributed by atoms with Crippen LogP contribution in [0.5, 0.6) is 0 Å². The normalized spacial score (nSPS) is 42.9. The van der Waals surface area contributed by atoms with Crippen molar-refractivity contribution in [3.8, 4) is 0 Å². The molecule has 1 aliphatic heterocycles. The Hall–Kier alpha value is -0.530. The van der Waals surface area contributed by atoms with Gasteiger partial charge < -0.3 is 5.32 Å². The van der Waals surface area contributed by atoms with Crippen molar-refractivity contribution >= 4 is 5.91 Å². The van der Waals surface area contributed by atoms with Gasteiger partial charge in [0, 0.05) is 17.9 Å². The lowest BCUT2D eigenvalue weighted by Gasteiger charge is -2.49. The molecule has 1 saturated heterocycles. The summed E-state index contributed by atoms with van der Waals surface area (Å²) in [7, 11) is 0. The predicted molar refractivity (Wildman–Crippen MR) is 54.7 cm³/mol. The van der Waals surface area contributed by atoms with E-state index in [9.17, 15) is 4.79 Å². The Morgan fingerprint density at radius 1 is 1.14 bits per heavy atom. The van der Waals surface area contributed by atoms with Gasteiger partial charge in [-0.25, -0.2) is 0 Å². The molecule has 2 nitrogen and oxygen atoms in total. The third kappa shape index (κ3) is 0.999. The van der Waals surface area contributed by atoms with Crippen LogP contribution in [0.2, 0.25) is 0 Å². The van der Waals surface area contributed by atoms with Crippen LogP contribution in [-0.4, -0.2) is 12.5 Å². The van der Waals surface area contributed by atoms with Crippen molar-refractivity contribution in [2.75, 3.05) is 6.54 Å². The molecular formula is C12H19NO. The van der Waals surface area contributed by atoms with Gasteiger partial charge >= 0.3 is 0 Å². The highest BCUT2D eigenvalue weighted by Crippen LogP contribution is 2.57. The number of carbonyl (C=O) groups is 1. The summed E-state index contributed by atoms with van der Waals surface area (Å²) in [6, 6.07) is 0. The molecule has 2 atom stereocenters. The number of nitrogens with one attached hydrogen (secondary N) is 1. The molecule has 0 bridgehead atoms. The first kappa shape index (κ1) is 8.75. The van der Waals surface area contributed by atoms with Crippen molar-refractivity contribution in [3.63, 3.8) is 0 Å². The second kappa shape index (κ2) is 2.98. The van der Waals surface area contributed by atoms with Gasteiger partial charge in [-0.2, -0.15) is 0 Å². The Labute approximate surface area is 85.4 Å². The molecule has 0 aromatic rings. The minimum atomic E-state index is 0.349. The van der Waals surface area contributed by atoms with E-state index in [2.05, 4.69) is 5.32 Å². The summed E-state index contributed by atoms with van der Waals surface area (Å²) >= 11 is 0. The first-order chi connectivity index (χ1) is 6.83. The van der Waals surface area contributed by atoms with Crippen molar-refractivity contribution in [2.45, 2.75) is 44.9 Å². The fraction of sp³-hybridized carbons (Fsp3) is 0.917. The van der Waals surface area contributed by atoms with Gasteiger partial charge in [0.2, 0.25) is 5.91 Å². The van der Waals surface area contributed by atoms with E-state index in [0.717, 1.165) is 18.9 Å². The molecule has 3 fully saturated rings. The lowest BCUT2D eigenvalue weighted by atomic mass is 9.53. The van der Waals surface area contributed by atoms with E-state index in [1.165, 1.54) is 38.5 Å². The highest BCUT2D eigenvalue weighted by Gasteiger charge is 2.58. The Kier molecular flexibility index (Phi) is 1.86. The van der Waals surface area contributed by atoms with Crippen LogP contribution in [0.3, 0.4) is 0 Å². The van der Waals surface area contributed by atoms with Gasteiger partial charge in [0.25, 0.3) is 0 Å². The number of amides is 1. The smallest absolute Gasteiger partial charge is 0.223 e. The van der Waals surface area contributed by atoms with Crippen molar-refractivity contribution in [1.82, 2.24) is 5.32 Å². The molecule has 3 rings (SSSR count). The van der Waals surface area contributed by atoms with Gasteiger partial charge in [0.05, 0.1) is 0 Å². The summed E-state index contributed by atoms with van der Waals surface area (Å²) in [6.45, 7) is 0.987. The SMILES string of the molecule is O=C1NCC2(C3CCCCC3)CCC12. The first-order valence-corrected chi connectivity index (χ1v) is 6.11. The van der Waals surface area contributed by atoms with Gasteiger partial charge in [0.1, 0.15) is 0 Å². The maximum Gasteiger partial charge on any atom is 0.223 e. The number of rotatable bonds is 1. The highest BCUT2D eigenvalue weighted by atomic mass is 16.2. The second-order valence-corrected chi connectivity index (χ2v) is 5.38. The standard InChI is InChI=1S/C12H19NO/c14-11-10-6-7-12(10,8-13-11)9-4-2-1-3-5-9/h9-10H,1-8H2,(H,13,14). The molecule has 2 saturated carbocycles. The average Bonchev–Trinajstić information content (AvgIpc) is 2.39. The van der Waals surface area contributed by atoms with Crippen molar-refractivity contribution in [1.29, 1.82) is 0 Å². The molecule has 0 aromatic heterocycles. The van der Waals surface area contributed by atoms with Crippen LogP contribution in [0.25, 0.3) is 0 Å². The number of fused-ring (bicyclic) bond motifs is 1. The largest absolute Gasteiger partial charge is 0.355 e.